The van der Waals surface area contributed by atoms with Crippen LogP contribution in [0, 0.1) is 12.7 Å². The number of aryl methyl sites for hydroxylation is 1. The summed E-state index contributed by atoms with van der Waals surface area (Å²) in [7, 11) is 0. The molecule has 1 aliphatic rings. The molecule has 1 saturated carbocycles. The first-order valence-corrected chi connectivity index (χ1v) is 9.80. The zero-order valence-electron chi connectivity index (χ0n) is 16.8. The highest BCUT2D eigenvalue weighted by atomic mass is 19.1. The number of aliphatic hydroxyl groups is 1. The van der Waals surface area contributed by atoms with Gasteiger partial charge in [0.25, 0.3) is 5.91 Å². The zero-order chi connectivity index (χ0) is 21.6. The van der Waals surface area contributed by atoms with E-state index in [0.29, 0.717) is 33.8 Å². The summed E-state index contributed by atoms with van der Waals surface area (Å²) in [5.41, 5.74) is 6.41. The van der Waals surface area contributed by atoms with E-state index in [-0.39, 0.29) is 11.4 Å². The van der Waals surface area contributed by atoms with Gasteiger partial charge in [-0.2, -0.15) is 0 Å². The lowest BCUT2D eigenvalue weighted by Crippen LogP contribution is -2.57. The van der Waals surface area contributed by atoms with Gasteiger partial charge < -0.3 is 20.6 Å². The number of benzene rings is 2. The third kappa shape index (κ3) is 3.45. The number of furan rings is 1. The molecule has 1 heterocycles. The second-order valence-electron chi connectivity index (χ2n) is 8.07. The van der Waals surface area contributed by atoms with Crippen LogP contribution in [-0.4, -0.2) is 29.1 Å². The minimum atomic E-state index is -1.62. The van der Waals surface area contributed by atoms with Gasteiger partial charge in [0.2, 0.25) is 5.91 Å². The largest absolute Gasteiger partial charge is 0.461 e. The molecular weight excluding hydrogens is 387 g/mol. The van der Waals surface area contributed by atoms with Gasteiger partial charge in [0.05, 0.1) is 12.2 Å². The smallest absolute Gasteiger partial charge is 0.256 e. The molecule has 0 saturated heterocycles. The van der Waals surface area contributed by atoms with Crippen molar-refractivity contribution >= 4 is 22.8 Å². The number of hydrogen-bond donors (Lipinski definition) is 3. The van der Waals surface area contributed by atoms with Crippen molar-refractivity contribution in [1.29, 1.82) is 0 Å². The summed E-state index contributed by atoms with van der Waals surface area (Å²) in [6.45, 7) is 2.32. The van der Waals surface area contributed by atoms with Gasteiger partial charge in [-0.1, -0.05) is 18.2 Å². The maximum absolute atomic E-state index is 14.8. The van der Waals surface area contributed by atoms with E-state index in [4.69, 9.17) is 10.2 Å². The van der Waals surface area contributed by atoms with Gasteiger partial charge in [-0.15, -0.1) is 0 Å². The Balaban J connectivity index is 1.74. The highest BCUT2D eigenvalue weighted by molar-refractivity contribution is 6.09. The van der Waals surface area contributed by atoms with E-state index >= 15 is 0 Å². The van der Waals surface area contributed by atoms with Gasteiger partial charge in [-0.3, -0.25) is 9.59 Å². The van der Waals surface area contributed by atoms with Gasteiger partial charge in [0, 0.05) is 10.9 Å². The molecule has 0 spiro atoms. The fourth-order valence-electron chi connectivity index (χ4n) is 3.60. The maximum atomic E-state index is 14.8. The molecule has 0 unspecified atom stereocenters. The van der Waals surface area contributed by atoms with E-state index in [1.54, 1.807) is 37.3 Å². The number of halogens is 1. The van der Waals surface area contributed by atoms with Crippen LogP contribution in [0.1, 0.15) is 47.4 Å². The first-order valence-electron chi connectivity index (χ1n) is 9.80. The molecule has 0 aliphatic heterocycles. The third-order valence-corrected chi connectivity index (χ3v) is 5.69. The standard InChI is InChI=1S/C23H23FN2O4/c1-12-20(21(28)26-23(2,11-27)22(25)29)17-9-15(6-8-19(17)30-12)16-7-5-14(10-18(16)24)13-3-4-13/h5-10,13,27H,3-4,11H2,1-2H3,(H2,25,29)(H,26,28)/t23-/m0/s1. The predicted octanol–water partition coefficient (Wildman–Crippen LogP) is 3.39. The summed E-state index contributed by atoms with van der Waals surface area (Å²) in [4.78, 5) is 24.5. The molecule has 4 N–H and O–H groups in total. The first kappa shape index (κ1) is 20.1. The van der Waals surface area contributed by atoms with E-state index in [9.17, 15) is 19.1 Å². The molecular formula is C23H23FN2O4. The average Bonchev–Trinajstić information content (AvgIpc) is 3.49. The molecule has 1 aromatic heterocycles. The number of aliphatic hydroxyl groups excluding tert-OH is 1. The van der Waals surface area contributed by atoms with Crippen LogP contribution in [0.4, 0.5) is 4.39 Å². The molecule has 1 aliphatic carbocycles. The second-order valence-corrected chi connectivity index (χ2v) is 8.07. The SMILES string of the molecule is Cc1oc2ccc(-c3ccc(C4CC4)cc3F)cc2c1C(=O)N[C@@](C)(CO)C(N)=O. The van der Waals surface area contributed by atoms with Crippen molar-refractivity contribution in [2.45, 2.75) is 38.1 Å². The first-order chi connectivity index (χ1) is 14.2. The Hall–Kier alpha value is -3.19. The van der Waals surface area contributed by atoms with Crippen molar-refractivity contribution in [3.05, 3.63) is 59.1 Å². The topological polar surface area (TPSA) is 106 Å². The van der Waals surface area contributed by atoms with Crippen LogP contribution in [0.25, 0.3) is 22.1 Å². The number of amides is 2. The normalized spacial score (nSPS) is 15.7. The lowest BCUT2D eigenvalue weighted by Gasteiger charge is -2.24. The van der Waals surface area contributed by atoms with E-state index < -0.39 is 24.0 Å². The van der Waals surface area contributed by atoms with Gasteiger partial charge in [0.15, 0.2) is 0 Å². The Labute approximate surface area is 172 Å². The monoisotopic (exact) mass is 410 g/mol. The number of nitrogens with two attached hydrogens (primary N) is 1. The van der Waals surface area contributed by atoms with Crippen LogP contribution in [0.5, 0.6) is 0 Å². The summed E-state index contributed by atoms with van der Waals surface area (Å²) < 4.78 is 20.4. The van der Waals surface area contributed by atoms with E-state index in [2.05, 4.69) is 5.32 Å². The number of carbonyl (C=O) groups excluding carboxylic acids is 2. The lowest BCUT2D eigenvalue weighted by molar-refractivity contribution is -0.124. The Morgan fingerprint density at radius 2 is 2.00 bits per heavy atom. The number of nitrogens with one attached hydrogen (secondary N) is 1. The van der Waals surface area contributed by atoms with Crippen molar-refractivity contribution in [2.75, 3.05) is 6.61 Å². The quantitative estimate of drug-likeness (QED) is 0.579. The molecule has 1 fully saturated rings. The minimum Gasteiger partial charge on any atom is -0.461 e. The minimum absolute atomic E-state index is 0.211. The summed E-state index contributed by atoms with van der Waals surface area (Å²) in [5.74, 6) is -0.986. The van der Waals surface area contributed by atoms with Crippen LogP contribution >= 0.6 is 0 Å². The fourth-order valence-corrected chi connectivity index (χ4v) is 3.60. The molecule has 1 atom stereocenters. The molecule has 2 amide bonds. The molecule has 6 nitrogen and oxygen atoms in total. The molecule has 3 aromatic rings. The molecule has 4 rings (SSSR count). The number of carbonyl (C=O) groups is 2. The molecule has 156 valence electrons. The van der Waals surface area contributed by atoms with Gasteiger partial charge in [-0.25, -0.2) is 4.39 Å². The van der Waals surface area contributed by atoms with Gasteiger partial charge in [-0.05, 0) is 61.9 Å². The molecule has 0 radical (unpaired) electrons. The van der Waals surface area contributed by atoms with Crippen LogP contribution in [0.15, 0.2) is 40.8 Å². The number of rotatable bonds is 6. The zero-order valence-corrected chi connectivity index (χ0v) is 16.8. The van der Waals surface area contributed by atoms with Crippen molar-refractivity contribution in [3.8, 4) is 11.1 Å². The summed E-state index contributed by atoms with van der Waals surface area (Å²) in [6.07, 6.45) is 2.19. The average molecular weight is 410 g/mol. The number of primary amides is 1. The molecule has 0 bridgehead atoms. The van der Waals surface area contributed by atoms with Crippen molar-refractivity contribution < 1.29 is 23.5 Å². The van der Waals surface area contributed by atoms with Gasteiger partial charge in [0.1, 0.15) is 22.7 Å². The predicted molar refractivity (Wildman–Crippen MR) is 110 cm³/mol. The van der Waals surface area contributed by atoms with Crippen LogP contribution in [-0.2, 0) is 4.79 Å². The van der Waals surface area contributed by atoms with Crippen LogP contribution in [0.3, 0.4) is 0 Å². The highest BCUT2D eigenvalue weighted by Gasteiger charge is 2.34. The van der Waals surface area contributed by atoms with E-state index in [0.717, 1.165) is 18.4 Å². The second kappa shape index (κ2) is 7.25. The fraction of sp³-hybridized carbons (Fsp3) is 0.304. The highest BCUT2D eigenvalue weighted by Crippen LogP contribution is 2.41. The summed E-state index contributed by atoms with van der Waals surface area (Å²) >= 11 is 0. The number of hydrogen-bond acceptors (Lipinski definition) is 4. The molecule has 7 heteroatoms. The summed E-state index contributed by atoms with van der Waals surface area (Å²) in [5, 5.41) is 12.5. The Morgan fingerprint density at radius 3 is 2.60 bits per heavy atom. The Bertz CT molecular complexity index is 1170. The maximum Gasteiger partial charge on any atom is 0.256 e. The van der Waals surface area contributed by atoms with Crippen molar-refractivity contribution in [3.63, 3.8) is 0 Å². The van der Waals surface area contributed by atoms with E-state index in [1.807, 2.05) is 6.07 Å². The van der Waals surface area contributed by atoms with Crippen LogP contribution in [0.2, 0.25) is 0 Å². The van der Waals surface area contributed by atoms with Crippen LogP contribution < -0.4 is 11.1 Å². The van der Waals surface area contributed by atoms with Crippen molar-refractivity contribution in [2.24, 2.45) is 5.73 Å². The van der Waals surface area contributed by atoms with Gasteiger partial charge >= 0.3 is 0 Å². The summed E-state index contributed by atoms with van der Waals surface area (Å²) in [6, 6.07) is 10.4. The Morgan fingerprint density at radius 1 is 1.27 bits per heavy atom. The molecule has 30 heavy (non-hydrogen) atoms. The Kier molecular flexibility index (Phi) is 4.86. The van der Waals surface area contributed by atoms with E-state index in [1.165, 1.54) is 6.92 Å². The number of fused-ring (bicyclic) bond motifs is 1. The molecule has 2 aromatic carbocycles. The lowest BCUT2D eigenvalue weighted by atomic mass is 9.98. The van der Waals surface area contributed by atoms with Crippen molar-refractivity contribution in [1.82, 2.24) is 5.32 Å². The third-order valence-electron chi connectivity index (χ3n) is 5.69.